The highest BCUT2D eigenvalue weighted by Gasteiger charge is 1.78. The van der Waals surface area contributed by atoms with E-state index in [4.69, 9.17) is 16.1 Å². The lowest BCUT2D eigenvalue weighted by atomic mass is 10.9. The van der Waals surface area contributed by atoms with Gasteiger partial charge in [0.15, 0.2) is 0 Å². The summed E-state index contributed by atoms with van der Waals surface area (Å²) in [4.78, 5) is 0. The van der Waals surface area contributed by atoms with Gasteiger partial charge >= 0.3 is 0 Å². The first-order valence-electron chi connectivity index (χ1n) is 2.20. The third-order valence-electron chi connectivity index (χ3n) is 0.541. The Bertz CT molecular complexity index is 119. The lowest BCUT2D eigenvalue weighted by molar-refractivity contribution is 0.395. The minimum absolute atomic E-state index is 0.518. The molecule has 0 saturated carbocycles. The van der Waals surface area contributed by atoms with Gasteiger partial charge < -0.3 is 4.52 Å². The molecule has 0 spiro atoms. The van der Waals surface area contributed by atoms with E-state index in [0.717, 1.165) is 0 Å². The van der Waals surface area contributed by atoms with Crippen molar-refractivity contribution in [1.29, 1.82) is 0 Å². The van der Waals surface area contributed by atoms with Gasteiger partial charge in [-0.2, -0.15) is 0 Å². The van der Waals surface area contributed by atoms with E-state index in [0.29, 0.717) is 12.5 Å². The van der Waals surface area contributed by atoms with Gasteiger partial charge in [-0.15, -0.1) is 11.6 Å². The van der Waals surface area contributed by atoms with Crippen molar-refractivity contribution in [3.05, 3.63) is 0 Å². The second-order valence-corrected chi connectivity index (χ2v) is 2.81. The summed E-state index contributed by atoms with van der Waals surface area (Å²) < 4.78 is 8.79. The van der Waals surface area contributed by atoms with Crippen LogP contribution >= 0.6 is 19.2 Å². The molecule has 1 unspecified atom stereocenters. The van der Waals surface area contributed by atoms with Gasteiger partial charge in [-0.1, -0.05) is 0 Å². The molecule has 0 rings (SSSR count). The maximum atomic E-state index is 5.32. The molecule has 0 radical (unpaired) electrons. The number of nitrogens with zero attached hydrogens (tertiary/aromatic N) is 1. The average molecular weight is 154 g/mol. The van der Waals surface area contributed by atoms with Gasteiger partial charge in [0.2, 0.25) is 0 Å². The highest BCUT2D eigenvalue weighted by Crippen LogP contribution is 2.08. The van der Waals surface area contributed by atoms with E-state index in [1.165, 1.54) is 0 Å². The maximum Gasteiger partial charge on any atom is 0.0955 e. The van der Waals surface area contributed by atoms with Crippen LogP contribution in [0.3, 0.4) is 0 Å². The predicted octanol–water partition coefficient (Wildman–Crippen LogP) is 1.88. The van der Waals surface area contributed by atoms with E-state index in [1.54, 1.807) is 7.05 Å². The van der Waals surface area contributed by atoms with Crippen LogP contribution in [0.4, 0.5) is 0 Å². The van der Waals surface area contributed by atoms with E-state index >= 15 is 0 Å². The van der Waals surface area contributed by atoms with Crippen molar-refractivity contribution >= 4 is 25.5 Å². The van der Waals surface area contributed by atoms with E-state index in [9.17, 15) is 0 Å². The molecule has 0 fully saturated rings. The number of hydrogen-bond donors (Lipinski definition) is 0. The zero-order chi connectivity index (χ0) is 6.41. The van der Waals surface area contributed by atoms with Gasteiger partial charge in [0.25, 0.3) is 0 Å². The first-order valence-corrected chi connectivity index (χ1v) is 4.13. The van der Waals surface area contributed by atoms with Crippen LogP contribution in [0.15, 0.2) is 4.74 Å². The molecule has 48 valence electrons. The van der Waals surface area contributed by atoms with Crippen LogP contribution in [-0.4, -0.2) is 25.8 Å². The molecule has 0 aliphatic heterocycles. The Balaban J connectivity index is 3.26. The topological polar surface area (TPSA) is 21.6 Å². The van der Waals surface area contributed by atoms with Crippen molar-refractivity contribution in [1.82, 2.24) is 0 Å². The van der Waals surface area contributed by atoms with Crippen molar-refractivity contribution in [2.45, 2.75) is 0 Å². The molecule has 0 aromatic carbocycles. The van der Waals surface area contributed by atoms with Gasteiger partial charge in [0.1, 0.15) is 0 Å². The van der Waals surface area contributed by atoms with Gasteiger partial charge in [0.05, 0.1) is 14.2 Å². The largest absolute Gasteiger partial charge is 0.316 e. The molecule has 0 aromatic heterocycles. The van der Waals surface area contributed by atoms with Crippen LogP contribution in [-0.2, 0) is 4.52 Å². The Kier molecular flexibility index (Phi) is 5.51. The Morgan fingerprint density at radius 1 is 1.88 bits per heavy atom. The molecular formula is C4H9ClNOP. The molecule has 4 heteroatoms. The van der Waals surface area contributed by atoms with E-state index in [1.807, 2.05) is 0 Å². The smallest absolute Gasteiger partial charge is 0.0955 e. The minimum Gasteiger partial charge on any atom is -0.316 e. The van der Waals surface area contributed by atoms with Crippen molar-refractivity contribution in [3.8, 4) is 0 Å². The van der Waals surface area contributed by atoms with Crippen LogP contribution in [0.25, 0.3) is 0 Å². The van der Waals surface area contributed by atoms with Crippen molar-refractivity contribution < 1.29 is 4.52 Å². The summed E-state index contributed by atoms with van der Waals surface area (Å²) in [6.07, 6.45) is 3.61. The molecule has 0 aliphatic rings. The van der Waals surface area contributed by atoms with E-state index in [2.05, 4.69) is 11.0 Å². The first kappa shape index (κ1) is 8.22. The molecular weight excluding hydrogens is 144 g/mol. The van der Waals surface area contributed by atoms with Crippen LogP contribution in [0.1, 0.15) is 0 Å². The quantitative estimate of drug-likeness (QED) is 0.448. The second-order valence-electron chi connectivity index (χ2n) is 1.07. The molecule has 0 saturated heterocycles. The fourth-order valence-corrected chi connectivity index (χ4v) is 0.800. The van der Waals surface area contributed by atoms with Gasteiger partial charge in [-0.3, -0.25) is 4.74 Å². The van der Waals surface area contributed by atoms with E-state index < -0.39 is 7.56 Å². The summed E-state index contributed by atoms with van der Waals surface area (Å²) >= 11 is 5.32. The van der Waals surface area contributed by atoms with Crippen LogP contribution in [0.2, 0.25) is 0 Å². The van der Waals surface area contributed by atoms with Gasteiger partial charge in [0, 0.05) is 12.9 Å². The molecule has 2 nitrogen and oxygen atoms in total. The SMILES string of the molecule is C=P(=NC)OCCCl. The highest BCUT2D eigenvalue weighted by molar-refractivity contribution is 7.40. The van der Waals surface area contributed by atoms with Gasteiger partial charge in [-0.25, -0.2) is 0 Å². The lowest BCUT2D eigenvalue weighted by Crippen LogP contribution is -1.82. The van der Waals surface area contributed by atoms with Crippen LogP contribution in [0.5, 0.6) is 0 Å². The molecule has 0 aromatic rings. The van der Waals surface area contributed by atoms with Crippen molar-refractivity contribution in [2.24, 2.45) is 4.74 Å². The first-order chi connectivity index (χ1) is 3.81. The van der Waals surface area contributed by atoms with Crippen molar-refractivity contribution in [2.75, 3.05) is 19.5 Å². The van der Waals surface area contributed by atoms with Gasteiger partial charge in [-0.05, 0) is 6.30 Å². The highest BCUT2D eigenvalue weighted by atomic mass is 35.5. The Hall–Kier alpha value is 0.220. The molecule has 0 N–H and O–H groups in total. The second kappa shape index (κ2) is 5.36. The monoisotopic (exact) mass is 153 g/mol. The number of rotatable bonds is 3. The van der Waals surface area contributed by atoms with Crippen molar-refractivity contribution in [3.63, 3.8) is 0 Å². The van der Waals surface area contributed by atoms with Crippen LogP contribution < -0.4 is 0 Å². The summed E-state index contributed by atoms with van der Waals surface area (Å²) in [7, 11) is 0.894. The predicted molar refractivity (Wildman–Crippen MR) is 39.1 cm³/mol. The summed E-state index contributed by atoms with van der Waals surface area (Å²) in [5, 5.41) is 0. The Morgan fingerprint density at radius 3 is 2.88 bits per heavy atom. The Labute approximate surface area is 55.0 Å². The van der Waals surface area contributed by atoms with E-state index in [-0.39, 0.29) is 0 Å². The summed E-state index contributed by atoms with van der Waals surface area (Å²) in [6, 6.07) is 0. The molecule has 1 atom stereocenters. The molecule has 0 aliphatic carbocycles. The molecule has 0 amide bonds. The maximum absolute atomic E-state index is 5.32. The zero-order valence-electron chi connectivity index (χ0n) is 4.80. The third-order valence-corrected chi connectivity index (χ3v) is 1.62. The normalized spacial score (nSPS) is 12.0. The molecule has 0 heterocycles. The Morgan fingerprint density at radius 2 is 2.50 bits per heavy atom. The lowest BCUT2D eigenvalue weighted by Gasteiger charge is -1.90. The number of hydrogen-bond acceptors (Lipinski definition) is 2. The fourth-order valence-electron chi connectivity index (χ4n) is 0.198. The zero-order valence-corrected chi connectivity index (χ0v) is 6.45. The molecule has 8 heavy (non-hydrogen) atoms. The third kappa shape index (κ3) is 4.38. The average Bonchev–Trinajstić information content (AvgIpc) is 1.83. The fraction of sp³-hybridized carbons (Fsp3) is 0.750. The molecule has 0 bridgehead atoms. The number of halogens is 1. The minimum atomic E-state index is -0.794. The summed E-state index contributed by atoms with van der Waals surface area (Å²) in [6.45, 7) is 0.550. The summed E-state index contributed by atoms with van der Waals surface area (Å²) in [5.41, 5.74) is 0. The van der Waals surface area contributed by atoms with Crippen LogP contribution in [0, 0.1) is 0 Å². The number of alkyl halides is 1. The summed E-state index contributed by atoms with van der Waals surface area (Å²) in [5.74, 6) is 0.518. The standard InChI is InChI=1S/C4H9ClNOP/c1-6-8(2)7-4-3-5/h2-4H2,1H3.